The Balaban J connectivity index is 1.07. The van der Waals surface area contributed by atoms with Gasteiger partial charge in [0.15, 0.2) is 0 Å². The first-order valence-corrected chi connectivity index (χ1v) is 10.1. The smallest absolute Gasteiger partial charge is 0.123 e. The van der Waals surface area contributed by atoms with E-state index >= 15 is 0 Å². The van der Waals surface area contributed by atoms with Crippen molar-refractivity contribution in [2.75, 3.05) is 45.9 Å². The first kappa shape index (κ1) is 17.4. The van der Waals surface area contributed by atoms with Crippen LogP contribution in [0.3, 0.4) is 0 Å². The maximum Gasteiger partial charge on any atom is 0.123 e. The lowest BCUT2D eigenvalue weighted by atomic mass is 10.1. The fourth-order valence-electron chi connectivity index (χ4n) is 4.75. The molecule has 0 spiro atoms. The van der Waals surface area contributed by atoms with Crippen LogP contribution < -0.4 is 0 Å². The van der Waals surface area contributed by atoms with E-state index in [0.717, 1.165) is 37.5 Å². The Hall–Kier alpha value is -0.970. The molecule has 3 fully saturated rings. The second-order valence-corrected chi connectivity index (χ2v) is 8.14. The van der Waals surface area contributed by atoms with E-state index < -0.39 is 0 Å². The van der Waals surface area contributed by atoms with Crippen LogP contribution in [0.2, 0.25) is 0 Å². The molecule has 3 atom stereocenters. The highest BCUT2D eigenvalue weighted by Gasteiger charge is 2.55. The lowest BCUT2D eigenvalue weighted by Crippen LogP contribution is -2.31. The number of hydrogen-bond acceptors (Lipinski definition) is 3. The molecule has 4 heteroatoms. The molecule has 0 bridgehead atoms. The summed E-state index contributed by atoms with van der Waals surface area (Å²) >= 11 is 0. The van der Waals surface area contributed by atoms with Crippen LogP contribution in [0.4, 0.5) is 4.39 Å². The van der Waals surface area contributed by atoms with E-state index in [2.05, 4.69) is 9.80 Å². The summed E-state index contributed by atoms with van der Waals surface area (Å²) in [5.41, 5.74) is 1.22. The molecule has 3 aliphatic rings. The summed E-state index contributed by atoms with van der Waals surface area (Å²) in [6.07, 6.45) is 5.34. The van der Waals surface area contributed by atoms with Crippen molar-refractivity contribution < 1.29 is 9.13 Å². The minimum Gasteiger partial charge on any atom is -0.381 e. The molecule has 1 aromatic carbocycles. The van der Waals surface area contributed by atoms with Gasteiger partial charge >= 0.3 is 0 Å². The first-order valence-electron chi connectivity index (χ1n) is 10.1. The molecule has 138 valence electrons. The lowest BCUT2D eigenvalue weighted by molar-refractivity contribution is 0.0967. The Morgan fingerprint density at radius 2 is 1.68 bits per heavy atom. The fourth-order valence-corrected chi connectivity index (χ4v) is 4.75. The highest BCUT2D eigenvalue weighted by atomic mass is 19.1. The number of likely N-dealkylation sites (tertiary alicyclic amines) is 2. The van der Waals surface area contributed by atoms with Gasteiger partial charge in [0.05, 0.1) is 6.61 Å². The fraction of sp³-hybridized carbons (Fsp3) is 0.714. The predicted octanol–water partition coefficient (Wildman–Crippen LogP) is 3.40. The van der Waals surface area contributed by atoms with Crippen LogP contribution in [0.15, 0.2) is 24.3 Å². The molecule has 2 saturated heterocycles. The summed E-state index contributed by atoms with van der Waals surface area (Å²) in [6, 6.07) is 6.93. The maximum atomic E-state index is 13.0. The first-order chi connectivity index (χ1) is 12.3. The van der Waals surface area contributed by atoms with E-state index in [1.807, 2.05) is 12.1 Å². The molecule has 4 rings (SSSR count). The van der Waals surface area contributed by atoms with Crippen molar-refractivity contribution in [1.29, 1.82) is 0 Å². The predicted molar refractivity (Wildman–Crippen MR) is 97.9 cm³/mol. The Labute approximate surface area is 151 Å². The van der Waals surface area contributed by atoms with Crippen molar-refractivity contribution in [1.82, 2.24) is 9.80 Å². The van der Waals surface area contributed by atoms with Gasteiger partial charge < -0.3 is 9.64 Å². The number of hydrogen-bond donors (Lipinski definition) is 0. The van der Waals surface area contributed by atoms with Crippen molar-refractivity contribution >= 4 is 0 Å². The summed E-state index contributed by atoms with van der Waals surface area (Å²) in [4.78, 5) is 5.10. The van der Waals surface area contributed by atoms with Gasteiger partial charge in [0, 0.05) is 32.8 Å². The summed E-state index contributed by atoms with van der Waals surface area (Å²) in [5, 5.41) is 0. The zero-order valence-electron chi connectivity index (χ0n) is 15.2. The Kier molecular flexibility index (Phi) is 5.69. The van der Waals surface area contributed by atoms with Gasteiger partial charge in [0.25, 0.3) is 0 Å². The van der Waals surface area contributed by atoms with Crippen LogP contribution in [0.1, 0.15) is 31.2 Å². The van der Waals surface area contributed by atoms with Crippen molar-refractivity contribution in [2.45, 2.75) is 32.2 Å². The average molecular weight is 346 g/mol. The highest BCUT2D eigenvalue weighted by Crippen LogP contribution is 2.51. The molecule has 1 aliphatic carbocycles. The minimum absolute atomic E-state index is 0.148. The van der Waals surface area contributed by atoms with E-state index in [0.29, 0.717) is 0 Å². The topological polar surface area (TPSA) is 15.7 Å². The molecule has 25 heavy (non-hydrogen) atoms. The molecule has 1 aromatic rings. The van der Waals surface area contributed by atoms with Crippen LogP contribution in [0.25, 0.3) is 0 Å². The third kappa shape index (κ3) is 4.60. The SMILES string of the molecule is Fc1ccc(CN2C[C@@H]3[C@H](COCCCN4CCCCC4)[C@@H]3C2)cc1. The molecule has 0 amide bonds. The third-order valence-electron chi connectivity index (χ3n) is 6.29. The normalized spacial score (nSPS) is 29.7. The van der Waals surface area contributed by atoms with Crippen LogP contribution in [0.5, 0.6) is 0 Å². The summed E-state index contributed by atoms with van der Waals surface area (Å²) < 4.78 is 18.9. The van der Waals surface area contributed by atoms with Crippen LogP contribution in [-0.4, -0.2) is 55.7 Å². The van der Waals surface area contributed by atoms with Crippen LogP contribution in [0, 0.1) is 23.6 Å². The molecule has 3 nitrogen and oxygen atoms in total. The number of fused-ring (bicyclic) bond motifs is 1. The van der Waals surface area contributed by atoms with E-state index in [-0.39, 0.29) is 5.82 Å². The van der Waals surface area contributed by atoms with Gasteiger partial charge in [0.2, 0.25) is 0 Å². The summed E-state index contributed by atoms with van der Waals surface area (Å²) in [5.74, 6) is 2.31. The molecular weight excluding hydrogens is 315 g/mol. The molecule has 1 saturated carbocycles. The van der Waals surface area contributed by atoms with Crippen LogP contribution >= 0.6 is 0 Å². The standard InChI is InChI=1S/C21H31FN2O/c22-18-7-5-17(6-8-18)13-24-14-19-20(15-24)21(19)16-25-12-4-11-23-9-2-1-3-10-23/h5-8,19-21H,1-4,9-16H2/t19-,20+,21-. The monoisotopic (exact) mass is 346 g/mol. The highest BCUT2D eigenvalue weighted by molar-refractivity contribution is 5.17. The van der Waals surface area contributed by atoms with E-state index in [9.17, 15) is 4.39 Å². The molecule has 2 heterocycles. The molecule has 0 N–H and O–H groups in total. The molecule has 0 radical (unpaired) electrons. The third-order valence-corrected chi connectivity index (χ3v) is 6.29. The second-order valence-electron chi connectivity index (χ2n) is 8.14. The van der Waals surface area contributed by atoms with E-state index in [4.69, 9.17) is 4.74 Å². The largest absolute Gasteiger partial charge is 0.381 e. The summed E-state index contributed by atoms with van der Waals surface area (Å²) in [6.45, 7) is 8.99. The average Bonchev–Trinajstić information content (AvgIpc) is 3.09. The number of piperidine rings is 2. The van der Waals surface area contributed by atoms with E-state index in [1.54, 1.807) is 12.1 Å². The Bertz CT molecular complexity index is 531. The number of halogens is 1. The number of benzene rings is 1. The van der Waals surface area contributed by atoms with Gasteiger partial charge in [-0.15, -0.1) is 0 Å². The van der Waals surface area contributed by atoms with Crippen LogP contribution in [-0.2, 0) is 11.3 Å². The number of rotatable bonds is 8. The van der Waals surface area contributed by atoms with Gasteiger partial charge in [0.1, 0.15) is 5.82 Å². The van der Waals surface area contributed by atoms with Gasteiger partial charge in [-0.3, -0.25) is 4.90 Å². The lowest BCUT2D eigenvalue weighted by Gasteiger charge is -2.26. The molecular formula is C21H31FN2O. The van der Waals surface area contributed by atoms with Gasteiger partial charge in [-0.25, -0.2) is 4.39 Å². The maximum absolute atomic E-state index is 13.0. The molecule has 0 aromatic heterocycles. The zero-order valence-corrected chi connectivity index (χ0v) is 15.2. The quantitative estimate of drug-likeness (QED) is 0.671. The van der Waals surface area contributed by atoms with Crippen molar-refractivity contribution in [2.24, 2.45) is 17.8 Å². The van der Waals surface area contributed by atoms with Crippen molar-refractivity contribution in [3.63, 3.8) is 0 Å². The van der Waals surface area contributed by atoms with Crippen molar-refractivity contribution in [3.8, 4) is 0 Å². The minimum atomic E-state index is -0.148. The van der Waals surface area contributed by atoms with Crippen molar-refractivity contribution in [3.05, 3.63) is 35.6 Å². The number of nitrogens with zero attached hydrogens (tertiary/aromatic N) is 2. The Morgan fingerprint density at radius 3 is 2.40 bits per heavy atom. The van der Waals surface area contributed by atoms with Gasteiger partial charge in [-0.1, -0.05) is 18.6 Å². The Morgan fingerprint density at radius 1 is 0.960 bits per heavy atom. The molecule has 0 unspecified atom stereocenters. The molecule has 2 aliphatic heterocycles. The second kappa shape index (κ2) is 8.15. The zero-order chi connectivity index (χ0) is 17.1. The summed E-state index contributed by atoms with van der Waals surface area (Å²) in [7, 11) is 0. The van der Waals surface area contributed by atoms with Gasteiger partial charge in [-0.2, -0.15) is 0 Å². The number of ether oxygens (including phenoxy) is 1. The van der Waals surface area contributed by atoms with E-state index in [1.165, 1.54) is 64.0 Å². The van der Waals surface area contributed by atoms with Gasteiger partial charge in [-0.05, 0) is 67.8 Å².